The molecule has 0 spiro atoms. The number of thioether (sulfide) groups is 1. The number of carbonyl (C=O) groups is 1. The number of benzene rings is 2. The van der Waals surface area contributed by atoms with E-state index in [-0.39, 0.29) is 11.7 Å². The van der Waals surface area contributed by atoms with Gasteiger partial charge in [-0.2, -0.15) is 0 Å². The van der Waals surface area contributed by atoms with Crippen molar-refractivity contribution in [2.24, 2.45) is 0 Å². The highest BCUT2D eigenvalue weighted by Gasteiger charge is 2.05. The van der Waals surface area contributed by atoms with Crippen molar-refractivity contribution in [3.05, 3.63) is 59.4 Å². The molecule has 0 atom stereocenters. The Hall–Kier alpha value is -1.52. The predicted molar refractivity (Wildman–Crippen MR) is 81.8 cm³/mol. The third kappa shape index (κ3) is 4.54. The standard InChI is InChI=1S/C15H13ClFNOS/c16-11-4-3-5-12(10-11)18-15(19)8-9-20-14-7-2-1-6-13(14)17/h1-7,10H,8-9H2,(H,18,19). The summed E-state index contributed by atoms with van der Waals surface area (Å²) >= 11 is 7.16. The first-order chi connectivity index (χ1) is 9.65. The Morgan fingerprint density at radius 1 is 1.20 bits per heavy atom. The van der Waals surface area contributed by atoms with Crippen molar-refractivity contribution < 1.29 is 9.18 Å². The van der Waals surface area contributed by atoms with Crippen LogP contribution in [0.15, 0.2) is 53.4 Å². The van der Waals surface area contributed by atoms with E-state index in [0.29, 0.717) is 27.8 Å². The zero-order valence-corrected chi connectivity index (χ0v) is 12.2. The maximum Gasteiger partial charge on any atom is 0.225 e. The molecule has 0 aliphatic heterocycles. The summed E-state index contributed by atoms with van der Waals surface area (Å²) in [6, 6.07) is 13.5. The number of hydrogen-bond donors (Lipinski definition) is 1. The van der Waals surface area contributed by atoms with E-state index in [4.69, 9.17) is 11.6 Å². The first-order valence-electron chi connectivity index (χ1n) is 6.08. The minimum absolute atomic E-state index is 0.115. The number of anilines is 1. The van der Waals surface area contributed by atoms with Gasteiger partial charge in [0.2, 0.25) is 5.91 Å². The largest absolute Gasteiger partial charge is 0.326 e. The summed E-state index contributed by atoms with van der Waals surface area (Å²) in [6.45, 7) is 0. The van der Waals surface area contributed by atoms with E-state index >= 15 is 0 Å². The summed E-state index contributed by atoms with van der Waals surface area (Å²) in [7, 11) is 0. The van der Waals surface area contributed by atoms with Crippen molar-refractivity contribution in [3.8, 4) is 0 Å². The van der Waals surface area contributed by atoms with Crippen LogP contribution in [0, 0.1) is 5.82 Å². The van der Waals surface area contributed by atoms with Gasteiger partial charge in [-0.1, -0.05) is 29.8 Å². The molecule has 104 valence electrons. The molecule has 0 saturated heterocycles. The molecule has 0 saturated carbocycles. The molecule has 2 nitrogen and oxygen atoms in total. The molecule has 2 aromatic carbocycles. The first kappa shape index (κ1) is 14.9. The summed E-state index contributed by atoms with van der Waals surface area (Å²) in [5.41, 5.74) is 0.665. The summed E-state index contributed by atoms with van der Waals surface area (Å²) in [5, 5.41) is 3.33. The van der Waals surface area contributed by atoms with Crippen molar-refractivity contribution in [2.45, 2.75) is 11.3 Å². The fourth-order valence-corrected chi connectivity index (χ4v) is 2.68. The summed E-state index contributed by atoms with van der Waals surface area (Å²) in [4.78, 5) is 12.3. The highest BCUT2D eigenvalue weighted by atomic mass is 35.5. The van der Waals surface area contributed by atoms with E-state index in [1.807, 2.05) is 0 Å². The van der Waals surface area contributed by atoms with Crippen LogP contribution in [0.2, 0.25) is 5.02 Å². The Balaban J connectivity index is 1.80. The number of halogens is 2. The quantitative estimate of drug-likeness (QED) is 0.818. The molecule has 20 heavy (non-hydrogen) atoms. The number of nitrogens with one attached hydrogen (secondary N) is 1. The van der Waals surface area contributed by atoms with E-state index in [1.54, 1.807) is 42.5 Å². The van der Waals surface area contributed by atoms with Gasteiger partial charge in [0.1, 0.15) is 5.82 Å². The van der Waals surface area contributed by atoms with Crippen LogP contribution in [-0.2, 0) is 4.79 Å². The Morgan fingerprint density at radius 2 is 2.00 bits per heavy atom. The second kappa shape index (κ2) is 7.31. The van der Waals surface area contributed by atoms with Gasteiger partial charge in [-0.15, -0.1) is 11.8 Å². The minimum atomic E-state index is -0.257. The third-order valence-electron chi connectivity index (χ3n) is 2.53. The molecule has 2 aromatic rings. The normalized spacial score (nSPS) is 10.3. The molecule has 2 rings (SSSR count). The van der Waals surface area contributed by atoms with Gasteiger partial charge in [0.15, 0.2) is 0 Å². The van der Waals surface area contributed by atoms with E-state index in [9.17, 15) is 9.18 Å². The van der Waals surface area contributed by atoms with Crippen molar-refractivity contribution in [1.29, 1.82) is 0 Å². The van der Waals surface area contributed by atoms with Crippen molar-refractivity contribution in [1.82, 2.24) is 0 Å². The Kier molecular flexibility index (Phi) is 5.44. The van der Waals surface area contributed by atoms with Crippen LogP contribution in [0.25, 0.3) is 0 Å². The van der Waals surface area contributed by atoms with Gasteiger partial charge in [0.25, 0.3) is 0 Å². The fourth-order valence-electron chi connectivity index (χ4n) is 1.61. The maximum absolute atomic E-state index is 13.4. The number of carbonyl (C=O) groups excluding carboxylic acids is 1. The van der Waals surface area contributed by atoms with E-state index in [2.05, 4.69) is 5.32 Å². The van der Waals surface area contributed by atoms with E-state index in [0.717, 1.165) is 0 Å². The van der Waals surface area contributed by atoms with Crippen LogP contribution in [0.5, 0.6) is 0 Å². The van der Waals surface area contributed by atoms with Gasteiger partial charge >= 0.3 is 0 Å². The molecule has 0 fully saturated rings. The monoisotopic (exact) mass is 309 g/mol. The highest BCUT2D eigenvalue weighted by Crippen LogP contribution is 2.22. The van der Waals surface area contributed by atoms with Gasteiger partial charge in [0.05, 0.1) is 0 Å². The van der Waals surface area contributed by atoms with E-state index < -0.39 is 0 Å². The van der Waals surface area contributed by atoms with Gasteiger partial charge in [0, 0.05) is 27.8 Å². The smallest absolute Gasteiger partial charge is 0.225 e. The molecule has 0 aliphatic rings. The van der Waals surface area contributed by atoms with Crippen LogP contribution in [0.4, 0.5) is 10.1 Å². The first-order valence-corrected chi connectivity index (χ1v) is 7.44. The molecule has 0 aromatic heterocycles. The van der Waals surface area contributed by atoms with Crippen molar-refractivity contribution in [3.63, 3.8) is 0 Å². The molecule has 1 N–H and O–H groups in total. The molecule has 0 aliphatic carbocycles. The van der Waals surface area contributed by atoms with Gasteiger partial charge in [-0.05, 0) is 30.3 Å². The van der Waals surface area contributed by atoms with Crippen LogP contribution < -0.4 is 5.32 Å². The number of amides is 1. The lowest BCUT2D eigenvalue weighted by atomic mass is 10.3. The van der Waals surface area contributed by atoms with Gasteiger partial charge < -0.3 is 5.32 Å². The topological polar surface area (TPSA) is 29.1 Å². The summed E-state index contributed by atoms with van der Waals surface area (Å²) in [5.74, 6) is 0.150. The number of rotatable bonds is 5. The third-order valence-corrected chi connectivity index (χ3v) is 3.82. The van der Waals surface area contributed by atoms with Crippen LogP contribution in [0.3, 0.4) is 0 Å². The molecule has 0 heterocycles. The lowest BCUT2D eigenvalue weighted by molar-refractivity contribution is -0.115. The van der Waals surface area contributed by atoms with Crippen LogP contribution in [0.1, 0.15) is 6.42 Å². The zero-order chi connectivity index (χ0) is 14.4. The molecular weight excluding hydrogens is 297 g/mol. The molecule has 0 radical (unpaired) electrons. The fraction of sp³-hybridized carbons (Fsp3) is 0.133. The second-order valence-corrected chi connectivity index (χ2v) is 5.66. The highest BCUT2D eigenvalue weighted by molar-refractivity contribution is 7.99. The maximum atomic E-state index is 13.4. The van der Waals surface area contributed by atoms with E-state index in [1.165, 1.54) is 17.8 Å². The molecule has 0 unspecified atom stereocenters. The minimum Gasteiger partial charge on any atom is -0.326 e. The van der Waals surface area contributed by atoms with Gasteiger partial charge in [-0.3, -0.25) is 4.79 Å². The average molecular weight is 310 g/mol. The Bertz CT molecular complexity index is 606. The number of hydrogen-bond acceptors (Lipinski definition) is 2. The average Bonchev–Trinajstić information content (AvgIpc) is 2.41. The molecule has 5 heteroatoms. The molecule has 0 bridgehead atoms. The SMILES string of the molecule is O=C(CCSc1ccccc1F)Nc1cccc(Cl)c1. The van der Waals surface area contributed by atoms with Gasteiger partial charge in [-0.25, -0.2) is 4.39 Å². The lowest BCUT2D eigenvalue weighted by Crippen LogP contribution is -2.12. The van der Waals surface area contributed by atoms with Crippen LogP contribution in [-0.4, -0.2) is 11.7 Å². The zero-order valence-electron chi connectivity index (χ0n) is 10.6. The Morgan fingerprint density at radius 3 is 2.75 bits per heavy atom. The Labute approximate surface area is 126 Å². The van der Waals surface area contributed by atoms with Crippen LogP contribution >= 0.6 is 23.4 Å². The predicted octanol–water partition coefficient (Wildman–Crippen LogP) is 4.60. The molecule has 1 amide bonds. The molecular formula is C15H13ClFNOS. The summed E-state index contributed by atoms with van der Waals surface area (Å²) in [6.07, 6.45) is 0.311. The second-order valence-electron chi connectivity index (χ2n) is 4.09. The van der Waals surface area contributed by atoms with Crippen molar-refractivity contribution >= 4 is 35.0 Å². The van der Waals surface area contributed by atoms with Crippen molar-refractivity contribution in [2.75, 3.05) is 11.1 Å². The summed E-state index contributed by atoms with van der Waals surface area (Å²) < 4.78 is 13.4. The lowest BCUT2D eigenvalue weighted by Gasteiger charge is -2.06.